The smallest absolute Gasteiger partial charge is 0.276 e. The van der Waals surface area contributed by atoms with E-state index in [1.165, 1.54) is 5.56 Å². The van der Waals surface area contributed by atoms with E-state index in [-0.39, 0.29) is 5.91 Å². The van der Waals surface area contributed by atoms with Crippen LogP contribution in [0.4, 0.5) is 0 Å². The number of carbonyl (C=O) groups excluding carboxylic acids is 1. The topological polar surface area (TPSA) is 63.5 Å². The van der Waals surface area contributed by atoms with Crippen molar-refractivity contribution in [2.75, 3.05) is 32.8 Å². The maximum atomic E-state index is 13.1. The quantitative estimate of drug-likeness (QED) is 0.534. The van der Waals surface area contributed by atoms with Crippen LogP contribution in [0.1, 0.15) is 28.7 Å². The molecule has 0 N–H and O–H groups in total. The molecule has 0 unspecified atom stereocenters. The summed E-state index contributed by atoms with van der Waals surface area (Å²) in [5.74, 6) is 0.840. The maximum Gasteiger partial charge on any atom is 0.276 e. The summed E-state index contributed by atoms with van der Waals surface area (Å²) in [7, 11) is 0. The Bertz CT molecular complexity index is 1040. The second-order valence-electron chi connectivity index (χ2n) is 7.56. The van der Waals surface area contributed by atoms with E-state index in [1.807, 2.05) is 55.1 Å². The summed E-state index contributed by atoms with van der Waals surface area (Å²) in [6.45, 7) is 8.43. The maximum absolute atomic E-state index is 13.1. The molecule has 0 saturated carbocycles. The SMILES string of the molecule is CCOc1ccc(CN2CCN(C(=O)c3nnn(-c4cccc(Br)c4)c3C)CC2)cc1. The number of hydrogen-bond donors (Lipinski definition) is 0. The minimum atomic E-state index is -0.0561. The van der Waals surface area contributed by atoms with Crippen LogP contribution in [0.5, 0.6) is 5.75 Å². The highest BCUT2D eigenvalue weighted by molar-refractivity contribution is 9.10. The van der Waals surface area contributed by atoms with Gasteiger partial charge in [-0.1, -0.05) is 39.3 Å². The van der Waals surface area contributed by atoms with E-state index in [0.717, 1.165) is 41.2 Å². The molecule has 162 valence electrons. The highest BCUT2D eigenvalue weighted by atomic mass is 79.9. The second kappa shape index (κ2) is 9.62. The molecular weight excluding hydrogens is 458 g/mol. The van der Waals surface area contributed by atoms with Crippen molar-refractivity contribution in [1.29, 1.82) is 0 Å². The van der Waals surface area contributed by atoms with Crippen molar-refractivity contribution in [3.63, 3.8) is 0 Å². The standard InChI is InChI=1S/C23H26BrN5O2/c1-3-31-21-9-7-18(8-10-21)16-27-11-13-28(14-12-27)23(30)22-17(2)29(26-25-22)20-6-4-5-19(24)15-20/h4-10,15H,3,11-14,16H2,1-2H3. The summed E-state index contributed by atoms with van der Waals surface area (Å²) in [6, 6.07) is 16.0. The molecule has 0 spiro atoms. The van der Waals surface area contributed by atoms with Crippen LogP contribution < -0.4 is 4.74 Å². The molecule has 1 aliphatic heterocycles. The zero-order chi connectivity index (χ0) is 21.8. The molecule has 8 heteroatoms. The van der Waals surface area contributed by atoms with E-state index in [2.05, 4.69) is 43.3 Å². The Balaban J connectivity index is 1.36. The number of amides is 1. The molecule has 1 aliphatic rings. The Hall–Kier alpha value is -2.71. The number of nitrogens with zero attached hydrogens (tertiary/aromatic N) is 5. The second-order valence-corrected chi connectivity index (χ2v) is 8.48. The number of ether oxygens (including phenoxy) is 1. The molecule has 4 rings (SSSR count). The Kier molecular flexibility index (Phi) is 6.67. The summed E-state index contributed by atoms with van der Waals surface area (Å²) in [4.78, 5) is 17.3. The molecular formula is C23H26BrN5O2. The van der Waals surface area contributed by atoms with Gasteiger partial charge in [0, 0.05) is 37.2 Å². The molecule has 1 aromatic heterocycles. The first kappa shape index (κ1) is 21.5. The predicted octanol–water partition coefficient (Wildman–Crippen LogP) is 3.69. The minimum Gasteiger partial charge on any atom is -0.494 e. The van der Waals surface area contributed by atoms with Gasteiger partial charge >= 0.3 is 0 Å². The van der Waals surface area contributed by atoms with E-state index >= 15 is 0 Å². The van der Waals surface area contributed by atoms with Crippen molar-refractivity contribution in [1.82, 2.24) is 24.8 Å². The molecule has 1 amide bonds. The predicted molar refractivity (Wildman–Crippen MR) is 123 cm³/mol. The molecule has 0 bridgehead atoms. The van der Waals surface area contributed by atoms with Gasteiger partial charge in [0.1, 0.15) is 5.75 Å². The zero-order valence-corrected chi connectivity index (χ0v) is 19.4. The Morgan fingerprint density at radius 3 is 2.52 bits per heavy atom. The van der Waals surface area contributed by atoms with E-state index < -0.39 is 0 Å². The van der Waals surface area contributed by atoms with Crippen molar-refractivity contribution in [3.05, 3.63) is 70.0 Å². The van der Waals surface area contributed by atoms with Gasteiger partial charge in [-0.25, -0.2) is 4.68 Å². The number of piperazine rings is 1. The fourth-order valence-corrected chi connectivity index (χ4v) is 4.14. The number of benzene rings is 2. The summed E-state index contributed by atoms with van der Waals surface area (Å²) in [5, 5.41) is 8.40. The van der Waals surface area contributed by atoms with Gasteiger partial charge in [0.25, 0.3) is 5.91 Å². The van der Waals surface area contributed by atoms with Gasteiger partial charge in [-0.2, -0.15) is 0 Å². The van der Waals surface area contributed by atoms with Crippen LogP contribution in [-0.2, 0) is 6.54 Å². The first-order valence-corrected chi connectivity index (χ1v) is 11.3. The lowest BCUT2D eigenvalue weighted by molar-refractivity contribution is 0.0622. The fourth-order valence-electron chi connectivity index (χ4n) is 3.75. The fraction of sp³-hybridized carbons (Fsp3) is 0.348. The molecule has 2 heterocycles. The normalized spacial score (nSPS) is 14.6. The van der Waals surface area contributed by atoms with E-state index in [1.54, 1.807) is 4.68 Å². The summed E-state index contributed by atoms with van der Waals surface area (Å²) in [6.07, 6.45) is 0. The average molecular weight is 484 g/mol. The first-order valence-electron chi connectivity index (χ1n) is 10.5. The highest BCUT2D eigenvalue weighted by Gasteiger charge is 2.26. The third-order valence-electron chi connectivity index (χ3n) is 5.45. The molecule has 1 saturated heterocycles. The molecule has 2 aromatic carbocycles. The third kappa shape index (κ3) is 4.97. The number of aromatic nitrogens is 3. The van der Waals surface area contributed by atoms with Gasteiger partial charge < -0.3 is 9.64 Å². The van der Waals surface area contributed by atoms with Gasteiger partial charge in [0.15, 0.2) is 5.69 Å². The molecule has 0 aliphatic carbocycles. The largest absolute Gasteiger partial charge is 0.494 e. The van der Waals surface area contributed by atoms with Crippen molar-refractivity contribution in [2.45, 2.75) is 20.4 Å². The van der Waals surface area contributed by atoms with Crippen molar-refractivity contribution >= 4 is 21.8 Å². The van der Waals surface area contributed by atoms with Crippen LogP contribution in [0.15, 0.2) is 53.0 Å². The van der Waals surface area contributed by atoms with Crippen LogP contribution in [0.2, 0.25) is 0 Å². The first-order chi connectivity index (χ1) is 15.0. The van der Waals surface area contributed by atoms with E-state index in [9.17, 15) is 4.79 Å². The van der Waals surface area contributed by atoms with Gasteiger partial charge in [-0.05, 0) is 49.7 Å². The van der Waals surface area contributed by atoms with Crippen LogP contribution in [0, 0.1) is 6.92 Å². The summed E-state index contributed by atoms with van der Waals surface area (Å²) >= 11 is 3.47. The lowest BCUT2D eigenvalue weighted by atomic mass is 10.2. The number of hydrogen-bond acceptors (Lipinski definition) is 5. The van der Waals surface area contributed by atoms with Gasteiger partial charge in [0.2, 0.25) is 0 Å². The summed E-state index contributed by atoms with van der Waals surface area (Å²) in [5.41, 5.74) is 3.29. The van der Waals surface area contributed by atoms with Crippen LogP contribution in [-0.4, -0.2) is 63.5 Å². The van der Waals surface area contributed by atoms with E-state index in [0.29, 0.717) is 25.4 Å². The van der Waals surface area contributed by atoms with Crippen LogP contribution >= 0.6 is 15.9 Å². The van der Waals surface area contributed by atoms with Gasteiger partial charge in [-0.15, -0.1) is 5.10 Å². The van der Waals surface area contributed by atoms with Crippen LogP contribution in [0.3, 0.4) is 0 Å². The number of carbonyl (C=O) groups is 1. The van der Waals surface area contributed by atoms with E-state index in [4.69, 9.17) is 4.74 Å². The van der Waals surface area contributed by atoms with Crippen LogP contribution in [0.25, 0.3) is 5.69 Å². The summed E-state index contributed by atoms with van der Waals surface area (Å²) < 4.78 is 8.17. The van der Waals surface area contributed by atoms with Gasteiger partial charge in [0.05, 0.1) is 18.0 Å². The molecule has 0 atom stereocenters. The molecule has 31 heavy (non-hydrogen) atoms. The zero-order valence-electron chi connectivity index (χ0n) is 17.8. The molecule has 3 aromatic rings. The Morgan fingerprint density at radius 2 is 1.84 bits per heavy atom. The number of halogens is 1. The van der Waals surface area contributed by atoms with Crippen molar-refractivity contribution in [3.8, 4) is 11.4 Å². The van der Waals surface area contributed by atoms with Gasteiger partial charge in [-0.3, -0.25) is 9.69 Å². The molecule has 7 nitrogen and oxygen atoms in total. The Labute approximate surface area is 190 Å². The monoisotopic (exact) mass is 483 g/mol. The van der Waals surface area contributed by atoms with Crippen molar-refractivity contribution < 1.29 is 9.53 Å². The molecule has 0 radical (unpaired) electrons. The number of rotatable bonds is 6. The third-order valence-corrected chi connectivity index (χ3v) is 5.94. The lowest BCUT2D eigenvalue weighted by Crippen LogP contribution is -2.48. The average Bonchev–Trinajstić information content (AvgIpc) is 3.17. The highest BCUT2D eigenvalue weighted by Crippen LogP contribution is 2.19. The Morgan fingerprint density at radius 1 is 1.10 bits per heavy atom. The minimum absolute atomic E-state index is 0.0561. The lowest BCUT2D eigenvalue weighted by Gasteiger charge is -2.34. The molecule has 1 fully saturated rings. The van der Waals surface area contributed by atoms with Crippen molar-refractivity contribution in [2.24, 2.45) is 0 Å².